The summed E-state index contributed by atoms with van der Waals surface area (Å²) in [4.78, 5) is 17.0. The Labute approximate surface area is 175 Å². The Kier molecular flexibility index (Phi) is 5.76. The molecule has 5 heteroatoms. The molecule has 0 radical (unpaired) electrons. The van der Waals surface area contributed by atoms with Crippen molar-refractivity contribution >= 4 is 22.5 Å². The SMILES string of the molecule is C[C@@H](C(=O)Nc1ccc(C#N)cc1)[C@H]1CC[C@H](c2ccnc3cc(F)ccc32)CC1. The zero-order valence-corrected chi connectivity index (χ0v) is 16.9. The first-order chi connectivity index (χ1) is 14.5. The summed E-state index contributed by atoms with van der Waals surface area (Å²) in [6, 6.07) is 15.9. The van der Waals surface area contributed by atoms with E-state index in [1.165, 1.54) is 17.7 Å². The number of nitrogens with one attached hydrogen (secondary N) is 1. The van der Waals surface area contributed by atoms with Gasteiger partial charge < -0.3 is 5.32 Å². The van der Waals surface area contributed by atoms with Gasteiger partial charge in [-0.05, 0) is 85.5 Å². The van der Waals surface area contributed by atoms with Crippen molar-refractivity contribution in [1.29, 1.82) is 5.26 Å². The summed E-state index contributed by atoms with van der Waals surface area (Å²) >= 11 is 0. The van der Waals surface area contributed by atoms with Gasteiger partial charge in [0, 0.05) is 29.3 Å². The number of aromatic nitrogens is 1. The molecular formula is C25H24FN3O. The molecule has 1 aliphatic rings. The van der Waals surface area contributed by atoms with Crippen LogP contribution in [0.3, 0.4) is 0 Å². The zero-order valence-electron chi connectivity index (χ0n) is 16.9. The van der Waals surface area contributed by atoms with Crippen LogP contribution in [0.25, 0.3) is 10.9 Å². The van der Waals surface area contributed by atoms with Gasteiger partial charge in [-0.25, -0.2) is 4.39 Å². The minimum Gasteiger partial charge on any atom is -0.326 e. The number of halogens is 1. The lowest BCUT2D eigenvalue weighted by Crippen LogP contribution is -2.29. The average molecular weight is 401 g/mol. The van der Waals surface area contributed by atoms with Crippen molar-refractivity contribution in [3.8, 4) is 6.07 Å². The minimum absolute atomic E-state index is 0.0213. The van der Waals surface area contributed by atoms with Gasteiger partial charge in [-0.2, -0.15) is 5.26 Å². The summed E-state index contributed by atoms with van der Waals surface area (Å²) in [5.74, 6) is 0.423. The van der Waals surface area contributed by atoms with Crippen molar-refractivity contribution in [2.75, 3.05) is 5.32 Å². The smallest absolute Gasteiger partial charge is 0.227 e. The second-order valence-corrected chi connectivity index (χ2v) is 8.14. The third-order valence-corrected chi connectivity index (χ3v) is 6.35. The molecule has 4 rings (SSSR count). The van der Waals surface area contributed by atoms with Crippen LogP contribution in [0.5, 0.6) is 0 Å². The molecule has 1 saturated carbocycles. The lowest BCUT2D eigenvalue weighted by atomic mass is 9.73. The quantitative estimate of drug-likeness (QED) is 0.601. The molecule has 0 saturated heterocycles. The number of rotatable bonds is 4. The summed E-state index contributed by atoms with van der Waals surface area (Å²) in [6.45, 7) is 1.99. The first-order valence-corrected chi connectivity index (χ1v) is 10.4. The molecule has 1 aromatic heterocycles. The van der Waals surface area contributed by atoms with Gasteiger partial charge >= 0.3 is 0 Å². The number of amides is 1. The fourth-order valence-electron chi connectivity index (χ4n) is 4.53. The molecule has 1 heterocycles. The van der Waals surface area contributed by atoms with E-state index in [9.17, 15) is 9.18 Å². The van der Waals surface area contributed by atoms with Crippen LogP contribution in [0.1, 0.15) is 49.7 Å². The summed E-state index contributed by atoms with van der Waals surface area (Å²) in [7, 11) is 0. The highest BCUT2D eigenvalue weighted by Gasteiger charge is 2.30. The standard InChI is InChI=1S/C25H24FN3O/c1-16(25(30)29-21-9-2-17(15-27)3-10-21)18-4-6-19(7-5-18)22-12-13-28-24-14-20(26)8-11-23(22)24/h2-3,8-14,16,18-19H,4-7H2,1H3,(H,29,30)/t16-,18-,19-/m1/s1. The molecule has 152 valence electrons. The van der Waals surface area contributed by atoms with E-state index in [1.54, 1.807) is 30.5 Å². The number of carbonyl (C=O) groups excluding carboxylic acids is 1. The van der Waals surface area contributed by atoms with E-state index < -0.39 is 0 Å². The van der Waals surface area contributed by atoms with Crippen LogP contribution >= 0.6 is 0 Å². The second kappa shape index (κ2) is 8.62. The number of fused-ring (bicyclic) bond motifs is 1. The van der Waals surface area contributed by atoms with Crippen LogP contribution in [0, 0.1) is 29.0 Å². The summed E-state index contributed by atoms with van der Waals surface area (Å²) < 4.78 is 13.5. The van der Waals surface area contributed by atoms with E-state index in [0.717, 1.165) is 36.8 Å². The summed E-state index contributed by atoms with van der Waals surface area (Å²) in [5, 5.41) is 12.9. The molecule has 2 aromatic carbocycles. The van der Waals surface area contributed by atoms with Crippen LogP contribution in [-0.2, 0) is 4.79 Å². The Bertz CT molecular complexity index is 1100. The summed E-state index contributed by atoms with van der Waals surface area (Å²) in [6.07, 6.45) is 5.75. The van der Waals surface area contributed by atoms with Gasteiger partial charge in [0.2, 0.25) is 5.91 Å². The average Bonchev–Trinajstić information content (AvgIpc) is 2.78. The van der Waals surface area contributed by atoms with Gasteiger partial charge in [-0.15, -0.1) is 0 Å². The number of benzene rings is 2. The minimum atomic E-state index is -0.266. The molecule has 3 aromatic rings. The van der Waals surface area contributed by atoms with Crippen molar-refractivity contribution in [3.63, 3.8) is 0 Å². The van der Waals surface area contributed by atoms with Crippen molar-refractivity contribution in [2.24, 2.45) is 11.8 Å². The largest absolute Gasteiger partial charge is 0.326 e. The molecule has 0 unspecified atom stereocenters. The van der Waals surface area contributed by atoms with Crippen LogP contribution < -0.4 is 5.32 Å². The number of carbonyl (C=O) groups is 1. The molecule has 0 aliphatic heterocycles. The monoisotopic (exact) mass is 401 g/mol. The van der Waals surface area contributed by atoms with E-state index in [2.05, 4.69) is 16.4 Å². The van der Waals surface area contributed by atoms with Crippen molar-refractivity contribution in [2.45, 2.75) is 38.5 Å². The zero-order chi connectivity index (χ0) is 21.1. The number of nitriles is 1. The van der Waals surface area contributed by atoms with Crippen molar-refractivity contribution in [1.82, 2.24) is 4.98 Å². The maximum atomic E-state index is 13.5. The first-order valence-electron chi connectivity index (χ1n) is 10.4. The highest BCUT2D eigenvalue weighted by molar-refractivity contribution is 5.92. The lowest BCUT2D eigenvalue weighted by molar-refractivity contribution is -0.121. The number of anilines is 1. The lowest BCUT2D eigenvalue weighted by Gasteiger charge is -2.32. The molecule has 1 amide bonds. The molecule has 0 spiro atoms. The molecule has 1 fully saturated rings. The van der Waals surface area contributed by atoms with E-state index in [0.29, 0.717) is 22.9 Å². The fourth-order valence-corrected chi connectivity index (χ4v) is 4.53. The second-order valence-electron chi connectivity index (χ2n) is 8.14. The Morgan fingerprint density at radius 3 is 2.57 bits per heavy atom. The van der Waals surface area contributed by atoms with E-state index >= 15 is 0 Å². The van der Waals surface area contributed by atoms with E-state index in [4.69, 9.17) is 5.26 Å². The van der Waals surface area contributed by atoms with Gasteiger partial charge in [-0.3, -0.25) is 9.78 Å². The van der Waals surface area contributed by atoms with Gasteiger partial charge in [-0.1, -0.05) is 6.92 Å². The maximum absolute atomic E-state index is 13.5. The van der Waals surface area contributed by atoms with Crippen molar-refractivity contribution < 1.29 is 9.18 Å². The highest BCUT2D eigenvalue weighted by Crippen LogP contribution is 2.40. The number of pyridine rings is 1. The van der Waals surface area contributed by atoms with Crippen LogP contribution in [0.4, 0.5) is 10.1 Å². The Balaban J connectivity index is 1.39. The van der Waals surface area contributed by atoms with Crippen LogP contribution in [0.2, 0.25) is 0 Å². The van der Waals surface area contributed by atoms with Gasteiger partial charge in [0.25, 0.3) is 0 Å². The van der Waals surface area contributed by atoms with Gasteiger partial charge in [0.05, 0.1) is 17.1 Å². The number of hydrogen-bond donors (Lipinski definition) is 1. The number of nitrogens with zero attached hydrogens (tertiary/aromatic N) is 2. The van der Waals surface area contributed by atoms with Gasteiger partial charge in [0.1, 0.15) is 5.82 Å². The van der Waals surface area contributed by atoms with E-state index in [1.807, 2.05) is 19.1 Å². The topological polar surface area (TPSA) is 65.8 Å². The highest BCUT2D eigenvalue weighted by atomic mass is 19.1. The third-order valence-electron chi connectivity index (χ3n) is 6.35. The summed E-state index contributed by atoms with van der Waals surface area (Å²) in [5.41, 5.74) is 3.22. The molecule has 4 nitrogen and oxygen atoms in total. The molecule has 1 aliphatic carbocycles. The first kappa shape index (κ1) is 20.0. The third kappa shape index (κ3) is 4.18. The van der Waals surface area contributed by atoms with Crippen LogP contribution in [-0.4, -0.2) is 10.9 Å². The molecule has 30 heavy (non-hydrogen) atoms. The molecular weight excluding hydrogens is 377 g/mol. The molecule has 0 bridgehead atoms. The predicted molar refractivity (Wildman–Crippen MR) is 115 cm³/mol. The molecule has 1 atom stereocenters. The normalized spacial score (nSPS) is 19.8. The molecule has 1 N–H and O–H groups in total. The Morgan fingerprint density at radius 2 is 1.87 bits per heavy atom. The van der Waals surface area contributed by atoms with Crippen LogP contribution in [0.15, 0.2) is 54.7 Å². The van der Waals surface area contributed by atoms with E-state index in [-0.39, 0.29) is 17.6 Å². The Morgan fingerprint density at radius 1 is 1.13 bits per heavy atom. The fraction of sp³-hybridized carbons (Fsp3) is 0.320. The Hall–Kier alpha value is -3.26. The maximum Gasteiger partial charge on any atom is 0.227 e. The van der Waals surface area contributed by atoms with Gasteiger partial charge in [0.15, 0.2) is 0 Å². The van der Waals surface area contributed by atoms with Crippen molar-refractivity contribution in [3.05, 3.63) is 71.7 Å². The number of hydrogen-bond acceptors (Lipinski definition) is 3. The predicted octanol–water partition coefficient (Wildman–Crippen LogP) is 5.79.